The minimum atomic E-state index is -0.0879. The number of urea groups is 1. The first-order chi connectivity index (χ1) is 13.0. The predicted octanol–water partition coefficient (Wildman–Crippen LogP) is 2.02. The molecule has 0 radical (unpaired) electrons. The van der Waals surface area contributed by atoms with E-state index < -0.39 is 0 Å². The fourth-order valence-electron chi connectivity index (χ4n) is 3.10. The molecule has 0 aliphatic carbocycles. The Bertz CT molecular complexity index is 744. The van der Waals surface area contributed by atoms with E-state index in [0.29, 0.717) is 24.3 Å². The van der Waals surface area contributed by atoms with Crippen LogP contribution in [0.5, 0.6) is 0 Å². The lowest BCUT2D eigenvalue weighted by atomic mass is 10.1. The lowest BCUT2D eigenvalue weighted by Gasteiger charge is -2.21. The molecule has 0 bridgehead atoms. The number of nitrogens with zero attached hydrogens (tertiary/aromatic N) is 5. The summed E-state index contributed by atoms with van der Waals surface area (Å²) < 4.78 is 4.91. The number of aromatic nitrogens is 3. The first-order valence-corrected chi connectivity index (χ1v) is 9.23. The molecule has 1 saturated heterocycles. The third-order valence-electron chi connectivity index (χ3n) is 4.56. The first kappa shape index (κ1) is 18.9. The Morgan fingerprint density at radius 2 is 2.19 bits per heavy atom. The topological polar surface area (TPSA) is 99.4 Å². The quantitative estimate of drug-likeness (QED) is 0.827. The molecule has 1 fully saturated rings. The molecule has 2 amide bonds. The van der Waals surface area contributed by atoms with Gasteiger partial charge in [-0.25, -0.2) is 9.78 Å². The second-order valence-electron chi connectivity index (χ2n) is 6.95. The fourth-order valence-corrected chi connectivity index (χ4v) is 3.10. The van der Waals surface area contributed by atoms with Crippen molar-refractivity contribution in [2.24, 2.45) is 0 Å². The Morgan fingerprint density at radius 1 is 1.33 bits per heavy atom. The van der Waals surface area contributed by atoms with Gasteiger partial charge >= 0.3 is 6.03 Å². The van der Waals surface area contributed by atoms with E-state index in [-0.39, 0.29) is 12.6 Å². The summed E-state index contributed by atoms with van der Waals surface area (Å²) in [5, 5.41) is 10.2. The number of amides is 2. The lowest BCUT2D eigenvalue weighted by Crippen LogP contribution is -2.40. The lowest BCUT2D eigenvalue weighted by molar-refractivity contribution is 0.199. The SMILES string of the molecule is Cc1nc(CNC(=O)N2CCCC(Nc3ccc(N(C)C)nc3)CC2)no1. The van der Waals surface area contributed by atoms with Crippen LogP contribution in [0.2, 0.25) is 0 Å². The van der Waals surface area contributed by atoms with E-state index in [0.717, 1.165) is 37.3 Å². The molecule has 1 aliphatic rings. The van der Waals surface area contributed by atoms with Gasteiger partial charge in [-0.2, -0.15) is 4.98 Å². The van der Waals surface area contributed by atoms with Crippen molar-refractivity contribution >= 4 is 17.5 Å². The van der Waals surface area contributed by atoms with Crippen molar-refractivity contribution in [3.8, 4) is 0 Å². The highest BCUT2D eigenvalue weighted by Crippen LogP contribution is 2.18. The summed E-state index contributed by atoms with van der Waals surface area (Å²) in [6.07, 6.45) is 4.72. The third kappa shape index (κ3) is 5.32. The zero-order valence-corrected chi connectivity index (χ0v) is 16.1. The van der Waals surface area contributed by atoms with E-state index in [1.807, 2.05) is 42.2 Å². The number of anilines is 2. The number of aryl methyl sites for hydroxylation is 1. The second kappa shape index (κ2) is 8.70. The van der Waals surface area contributed by atoms with Crippen LogP contribution in [-0.4, -0.2) is 59.3 Å². The number of carbonyl (C=O) groups is 1. The molecule has 2 aromatic heterocycles. The van der Waals surface area contributed by atoms with Crippen LogP contribution in [0.4, 0.5) is 16.3 Å². The fraction of sp³-hybridized carbons (Fsp3) is 0.556. The standard InChI is InChI=1S/C18H27N7O2/c1-13-21-16(23-27-13)12-20-18(26)25-9-4-5-14(8-10-25)22-15-6-7-17(19-11-15)24(2)3/h6-7,11,14,22H,4-5,8-10,12H2,1-3H3,(H,20,26). The molecule has 27 heavy (non-hydrogen) atoms. The minimum absolute atomic E-state index is 0.0879. The highest BCUT2D eigenvalue weighted by atomic mass is 16.5. The molecular weight excluding hydrogens is 346 g/mol. The third-order valence-corrected chi connectivity index (χ3v) is 4.56. The molecule has 9 heteroatoms. The van der Waals surface area contributed by atoms with Crippen LogP contribution in [0.25, 0.3) is 0 Å². The highest BCUT2D eigenvalue weighted by Gasteiger charge is 2.21. The van der Waals surface area contributed by atoms with Crippen LogP contribution < -0.4 is 15.5 Å². The Labute approximate surface area is 159 Å². The minimum Gasteiger partial charge on any atom is -0.381 e. The van der Waals surface area contributed by atoms with Crippen LogP contribution in [0.1, 0.15) is 31.0 Å². The van der Waals surface area contributed by atoms with Gasteiger partial charge in [0.2, 0.25) is 5.89 Å². The molecule has 2 aromatic rings. The Hall–Kier alpha value is -2.84. The summed E-state index contributed by atoms with van der Waals surface area (Å²) in [7, 11) is 3.94. The largest absolute Gasteiger partial charge is 0.381 e. The zero-order valence-electron chi connectivity index (χ0n) is 16.1. The van der Waals surface area contributed by atoms with Gasteiger partial charge in [-0.05, 0) is 31.4 Å². The van der Waals surface area contributed by atoms with Crippen molar-refractivity contribution in [2.45, 2.75) is 38.8 Å². The van der Waals surface area contributed by atoms with Crippen LogP contribution in [0.15, 0.2) is 22.9 Å². The van der Waals surface area contributed by atoms with Crippen molar-refractivity contribution in [1.29, 1.82) is 0 Å². The molecule has 0 aromatic carbocycles. The molecule has 3 rings (SSSR count). The van der Waals surface area contributed by atoms with Gasteiger partial charge in [0.1, 0.15) is 5.82 Å². The summed E-state index contributed by atoms with van der Waals surface area (Å²) in [5.74, 6) is 1.92. The second-order valence-corrected chi connectivity index (χ2v) is 6.95. The monoisotopic (exact) mass is 373 g/mol. The maximum atomic E-state index is 12.4. The van der Waals surface area contributed by atoms with E-state index >= 15 is 0 Å². The Balaban J connectivity index is 1.47. The molecule has 146 valence electrons. The summed E-state index contributed by atoms with van der Waals surface area (Å²) >= 11 is 0. The summed E-state index contributed by atoms with van der Waals surface area (Å²) in [4.78, 5) is 24.7. The molecule has 1 atom stereocenters. The van der Waals surface area contributed by atoms with Gasteiger partial charge in [-0.1, -0.05) is 5.16 Å². The average Bonchev–Trinajstić information content (AvgIpc) is 2.93. The summed E-state index contributed by atoms with van der Waals surface area (Å²) in [5.41, 5.74) is 1.01. The summed E-state index contributed by atoms with van der Waals surface area (Å²) in [6.45, 7) is 3.45. The normalized spacial score (nSPS) is 17.3. The number of rotatable bonds is 5. The van der Waals surface area contributed by atoms with E-state index in [9.17, 15) is 4.79 Å². The number of carbonyl (C=O) groups excluding carboxylic acids is 1. The molecular formula is C18H27N7O2. The van der Waals surface area contributed by atoms with Crippen molar-refractivity contribution in [2.75, 3.05) is 37.4 Å². The zero-order chi connectivity index (χ0) is 19.2. The molecule has 3 heterocycles. The van der Waals surface area contributed by atoms with Crippen LogP contribution in [-0.2, 0) is 6.54 Å². The molecule has 2 N–H and O–H groups in total. The Morgan fingerprint density at radius 3 is 2.85 bits per heavy atom. The van der Waals surface area contributed by atoms with Gasteiger partial charge in [0.25, 0.3) is 0 Å². The van der Waals surface area contributed by atoms with Gasteiger partial charge in [-0.15, -0.1) is 0 Å². The number of nitrogens with one attached hydrogen (secondary N) is 2. The van der Waals surface area contributed by atoms with Gasteiger partial charge in [-0.3, -0.25) is 0 Å². The van der Waals surface area contributed by atoms with E-state index in [1.165, 1.54) is 0 Å². The van der Waals surface area contributed by atoms with E-state index in [1.54, 1.807) is 6.92 Å². The molecule has 1 aliphatic heterocycles. The van der Waals surface area contributed by atoms with Crippen molar-refractivity contribution in [1.82, 2.24) is 25.3 Å². The van der Waals surface area contributed by atoms with E-state index in [2.05, 4.69) is 25.8 Å². The maximum Gasteiger partial charge on any atom is 0.317 e. The summed E-state index contributed by atoms with van der Waals surface area (Å²) in [6, 6.07) is 4.29. The van der Waals surface area contributed by atoms with Gasteiger partial charge < -0.3 is 25.0 Å². The molecule has 1 unspecified atom stereocenters. The Kier molecular flexibility index (Phi) is 6.10. The van der Waals surface area contributed by atoms with Gasteiger partial charge in [0, 0.05) is 40.2 Å². The number of hydrogen-bond acceptors (Lipinski definition) is 7. The highest BCUT2D eigenvalue weighted by molar-refractivity contribution is 5.74. The van der Waals surface area contributed by atoms with Crippen LogP contribution in [0, 0.1) is 6.92 Å². The van der Waals surface area contributed by atoms with Gasteiger partial charge in [0.15, 0.2) is 5.82 Å². The average molecular weight is 373 g/mol. The number of hydrogen-bond donors (Lipinski definition) is 2. The van der Waals surface area contributed by atoms with Crippen LogP contribution in [0.3, 0.4) is 0 Å². The first-order valence-electron chi connectivity index (χ1n) is 9.23. The van der Waals surface area contributed by atoms with Gasteiger partial charge in [0.05, 0.1) is 18.4 Å². The van der Waals surface area contributed by atoms with Crippen molar-refractivity contribution < 1.29 is 9.32 Å². The molecule has 0 spiro atoms. The number of pyridine rings is 1. The molecule has 0 saturated carbocycles. The maximum absolute atomic E-state index is 12.4. The van der Waals surface area contributed by atoms with E-state index in [4.69, 9.17) is 4.52 Å². The van der Waals surface area contributed by atoms with Crippen molar-refractivity contribution in [3.05, 3.63) is 30.0 Å². The smallest absolute Gasteiger partial charge is 0.317 e. The molecule has 9 nitrogen and oxygen atoms in total. The van der Waals surface area contributed by atoms with Crippen LogP contribution >= 0.6 is 0 Å². The predicted molar refractivity (Wildman–Crippen MR) is 103 cm³/mol. The number of likely N-dealkylation sites (tertiary alicyclic amines) is 1. The van der Waals surface area contributed by atoms with Crippen molar-refractivity contribution in [3.63, 3.8) is 0 Å².